The third-order valence-electron chi connectivity index (χ3n) is 5.86. The summed E-state index contributed by atoms with van der Waals surface area (Å²) in [4.78, 5) is 13.3. The molecule has 3 aromatic rings. The van der Waals surface area contributed by atoms with Crippen molar-refractivity contribution in [2.45, 2.75) is 38.1 Å². The number of aromatic nitrogens is 3. The highest BCUT2D eigenvalue weighted by Crippen LogP contribution is 2.34. The van der Waals surface area contributed by atoms with Gasteiger partial charge in [0, 0.05) is 43.2 Å². The Morgan fingerprint density at radius 1 is 0.935 bits per heavy atom. The van der Waals surface area contributed by atoms with Crippen LogP contribution in [0.2, 0.25) is 0 Å². The lowest BCUT2D eigenvalue weighted by Crippen LogP contribution is -2.36. The summed E-state index contributed by atoms with van der Waals surface area (Å²) in [5.41, 5.74) is 1.83. The first-order valence-electron chi connectivity index (χ1n) is 10.6. The molecule has 1 saturated carbocycles. The third kappa shape index (κ3) is 5.64. The summed E-state index contributed by atoms with van der Waals surface area (Å²) in [6.07, 6.45) is 4.20. The van der Waals surface area contributed by atoms with Crippen molar-refractivity contribution in [2.24, 2.45) is 11.8 Å². The fraction of sp³-hybridized carbons (Fsp3) is 0.375. The molecule has 0 spiro atoms. The zero-order chi connectivity index (χ0) is 21.5. The summed E-state index contributed by atoms with van der Waals surface area (Å²) < 4.78 is 5.76. The molecule has 4 atom stereocenters. The number of nitrogens with zero attached hydrogens (tertiary/aromatic N) is 3. The summed E-state index contributed by atoms with van der Waals surface area (Å²) in [5.74, 6) is 1.25. The number of nitrogens with one attached hydrogen (secondary N) is 1. The number of ether oxygens (including phenoxy) is 1. The van der Waals surface area contributed by atoms with Crippen molar-refractivity contribution in [3.63, 3.8) is 0 Å². The molecule has 4 rings (SSSR count). The number of rotatable bonds is 9. The molecule has 2 heterocycles. The van der Waals surface area contributed by atoms with Gasteiger partial charge in [-0.15, -0.1) is 0 Å². The van der Waals surface area contributed by atoms with Gasteiger partial charge in [0.2, 0.25) is 0 Å². The van der Waals surface area contributed by atoms with Crippen LogP contribution >= 0.6 is 0 Å². The van der Waals surface area contributed by atoms with Gasteiger partial charge in [-0.2, -0.15) is 0 Å². The van der Waals surface area contributed by atoms with E-state index in [0.29, 0.717) is 25.2 Å². The molecule has 0 radical (unpaired) electrons. The second-order valence-electron chi connectivity index (χ2n) is 7.89. The maximum atomic E-state index is 10.5. The molecule has 162 valence electrons. The Bertz CT molecular complexity index is 942. The van der Waals surface area contributed by atoms with Crippen LogP contribution in [0.1, 0.15) is 23.6 Å². The maximum Gasteiger partial charge on any atom is 0.166 e. The molecule has 4 unspecified atom stereocenters. The van der Waals surface area contributed by atoms with E-state index < -0.39 is 6.10 Å². The normalized spacial score (nSPS) is 23.0. The van der Waals surface area contributed by atoms with Crippen LogP contribution in [0.15, 0.2) is 67.0 Å². The van der Waals surface area contributed by atoms with Gasteiger partial charge >= 0.3 is 0 Å². The summed E-state index contributed by atoms with van der Waals surface area (Å²) in [7, 11) is 0. The van der Waals surface area contributed by atoms with Gasteiger partial charge in [-0.1, -0.05) is 24.3 Å². The monoisotopic (exact) mass is 420 g/mol. The summed E-state index contributed by atoms with van der Waals surface area (Å²) >= 11 is 0. The third-order valence-corrected chi connectivity index (χ3v) is 5.86. The zero-order valence-corrected chi connectivity index (χ0v) is 17.3. The molecule has 7 nitrogen and oxygen atoms in total. The van der Waals surface area contributed by atoms with Gasteiger partial charge in [0.1, 0.15) is 12.4 Å². The van der Waals surface area contributed by atoms with Crippen LogP contribution in [0, 0.1) is 11.8 Å². The van der Waals surface area contributed by atoms with Crippen LogP contribution in [0.5, 0.6) is 5.75 Å². The Morgan fingerprint density at radius 3 is 2.55 bits per heavy atom. The highest BCUT2D eigenvalue weighted by Gasteiger charge is 2.42. The molecule has 1 aromatic carbocycles. The van der Waals surface area contributed by atoms with Crippen molar-refractivity contribution >= 4 is 0 Å². The van der Waals surface area contributed by atoms with Gasteiger partial charge in [-0.05, 0) is 49.1 Å². The molecule has 3 N–H and O–H groups in total. The molecule has 1 aliphatic rings. The van der Waals surface area contributed by atoms with E-state index in [-0.39, 0.29) is 31.1 Å². The van der Waals surface area contributed by atoms with Gasteiger partial charge < -0.3 is 20.3 Å². The van der Waals surface area contributed by atoms with Crippen molar-refractivity contribution in [1.82, 2.24) is 20.3 Å². The van der Waals surface area contributed by atoms with Crippen LogP contribution < -0.4 is 10.1 Å². The standard InChI is InChI=1S/C24H28N4O3/c29-15-21-20(22(13-23(21)30)27-14-18-6-4-5-10-25-18)12-17-9-11-26-24(28-17)16-31-19-7-2-1-3-8-19/h1-11,20-23,27,29-30H,12-16H2. The summed E-state index contributed by atoms with van der Waals surface area (Å²) in [6, 6.07) is 17.4. The Kier molecular flexibility index (Phi) is 7.19. The minimum atomic E-state index is -0.543. The highest BCUT2D eigenvalue weighted by atomic mass is 16.5. The van der Waals surface area contributed by atoms with E-state index in [1.807, 2.05) is 54.6 Å². The summed E-state index contributed by atoms with van der Waals surface area (Å²) in [6.45, 7) is 0.853. The molecule has 0 bridgehead atoms. The van der Waals surface area contributed by atoms with Crippen molar-refractivity contribution in [1.29, 1.82) is 0 Å². The predicted octanol–water partition coefficient (Wildman–Crippen LogP) is 2.14. The first-order valence-corrected chi connectivity index (χ1v) is 10.6. The lowest BCUT2D eigenvalue weighted by atomic mass is 9.89. The maximum absolute atomic E-state index is 10.5. The number of para-hydroxylation sites is 1. The number of aliphatic hydroxyl groups excluding tert-OH is 2. The second kappa shape index (κ2) is 10.4. The number of hydrogen-bond donors (Lipinski definition) is 3. The van der Waals surface area contributed by atoms with E-state index in [1.54, 1.807) is 12.4 Å². The molecule has 2 aromatic heterocycles. The van der Waals surface area contributed by atoms with Crippen molar-refractivity contribution in [2.75, 3.05) is 6.61 Å². The Balaban J connectivity index is 1.42. The van der Waals surface area contributed by atoms with Gasteiger partial charge in [-0.25, -0.2) is 9.97 Å². The lowest BCUT2D eigenvalue weighted by Gasteiger charge is -2.25. The molecule has 0 amide bonds. The first kappa shape index (κ1) is 21.4. The molecule has 0 saturated heterocycles. The fourth-order valence-corrected chi connectivity index (χ4v) is 4.25. The van der Waals surface area contributed by atoms with Crippen LogP contribution in [-0.2, 0) is 19.6 Å². The average Bonchev–Trinajstić information content (AvgIpc) is 3.11. The molecular weight excluding hydrogens is 392 g/mol. The number of hydrogen-bond acceptors (Lipinski definition) is 7. The van der Waals surface area contributed by atoms with E-state index in [1.165, 1.54) is 0 Å². The average molecular weight is 421 g/mol. The van der Waals surface area contributed by atoms with E-state index >= 15 is 0 Å². The van der Waals surface area contributed by atoms with Gasteiger partial charge in [0.25, 0.3) is 0 Å². The van der Waals surface area contributed by atoms with Crippen LogP contribution in [-0.4, -0.2) is 43.9 Å². The van der Waals surface area contributed by atoms with E-state index in [2.05, 4.69) is 20.3 Å². The first-order chi connectivity index (χ1) is 15.2. The molecule has 31 heavy (non-hydrogen) atoms. The molecule has 1 aliphatic carbocycles. The largest absolute Gasteiger partial charge is 0.486 e. The van der Waals surface area contributed by atoms with Gasteiger partial charge in [0.15, 0.2) is 5.82 Å². The fourth-order valence-electron chi connectivity index (χ4n) is 4.25. The minimum Gasteiger partial charge on any atom is -0.486 e. The number of benzene rings is 1. The molecule has 1 fully saturated rings. The SMILES string of the molecule is OCC1C(O)CC(NCc2ccccn2)C1Cc1ccnc(COc2ccccc2)n1. The van der Waals surface area contributed by atoms with Gasteiger partial charge in [-0.3, -0.25) is 4.98 Å². The Morgan fingerprint density at radius 2 is 1.77 bits per heavy atom. The molecular formula is C24H28N4O3. The highest BCUT2D eigenvalue weighted by molar-refractivity contribution is 5.21. The quantitative estimate of drug-likeness (QED) is 0.488. The van der Waals surface area contributed by atoms with Gasteiger partial charge in [0.05, 0.1) is 11.8 Å². The van der Waals surface area contributed by atoms with Crippen molar-refractivity contribution in [3.8, 4) is 5.75 Å². The molecule has 7 heteroatoms. The van der Waals surface area contributed by atoms with E-state index in [0.717, 1.165) is 17.1 Å². The number of pyridine rings is 1. The predicted molar refractivity (Wildman–Crippen MR) is 116 cm³/mol. The van der Waals surface area contributed by atoms with Crippen molar-refractivity contribution < 1.29 is 14.9 Å². The second-order valence-corrected chi connectivity index (χ2v) is 7.89. The van der Waals surface area contributed by atoms with Crippen LogP contribution in [0.4, 0.5) is 0 Å². The number of aliphatic hydroxyl groups is 2. The smallest absolute Gasteiger partial charge is 0.166 e. The Labute approximate surface area is 182 Å². The van der Waals surface area contributed by atoms with E-state index in [9.17, 15) is 10.2 Å². The topological polar surface area (TPSA) is 100 Å². The van der Waals surface area contributed by atoms with Crippen LogP contribution in [0.3, 0.4) is 0 Å². The zero-order valence-electron chi connectivity index (χ0n) is 17.3. The van der Waals surface area contributed by atoms with Crippen LogP contribution in [0.25, 0.3) is 0 Å². The van der Waals surface area contributed by atoms with E-state index in [4.69, 9.17) is 4.74 Å². The minimum absolute atomic E-state index is 0.0529. The molecule has 0 aliphatic heterocycles. The van der Waals surface area contributed by atoms with Crippen molar-refractivity contribution in [3.05, 3.63) is 84.2 Å². The summed E-state index contributed by atoms with van der Waals surface area (Å²) in [5, 5.41) is 23.9. The Hall–Kier alpha value is -2.87. The lowest BCUT2D eigenvalue weighted by molar-refractivity contribution is 0.0715.